The molecule has 0 atom stereocenters. The molecule has 10 heteroatoms. The van der Waals surface area contributed by atoms with Gasteiger partial charge in [-0.25, -0.2) is 9.36 Å². The molecule has 0 aliphatic heterocycles. The molecule has 0 fully saturated rings. The Morgan fingerprint density at radius 3 is 2.41 bits per heavy atom. The lowest BCUT2D eigenvalue weighted by molar-refractivity contribution is -0.137. The summed E-state index contributed by atoms with van der Waals surface area (Å²) in [4.78, 5) is 37.4. The molecule has 0 aliphatic rings. The van der Waals surface area contributed by atoms with Crippen LogP contribution in [-0.4, -0.2) is 19.5 Å². The topological polar surface area (TPSA) is 80.6 Å². The molecule has 192 valence electrons. The zero-order chi connectivity index (χ0) is 27.3. The second-order valence-corrected chi connectivity index (χ2v) is 9.24. The third kappa shape index (κ3) is 4.26. The average molecular weight is 545 g/mol. The average Bonchev–Trinajstić information content (AvgIpc) is 2.92. The number of alkyl halides is 3. The Hall–Kier alpha value is -4.76. The van der Waals surface area contributed by atoms with Gasteiger partial charge in [-0.2, -0.15) is 13.2 Å². The van der Waals surface area contributed by atoms with Crippen LogP contribution in [0.3, 0.4) is 0 Å². The summed E-state index contributed by atoms with van der Waals surface area (Å²) in [5.74, 6) is 0. The van der Waals surface area contributed by atoms with E-state index < -0.39 is 23.0 Å². The normalized spacial score (nSPS) is 11.8. The predicted molar refractivity (Wildman–Crippen MR) is 144 cm³/mol. The number of fused-ring (bicyclic) bond motifs is 2. The molecule has 0 saturated carbocycles. The van der Waals surface area contributed by atoms with Gasteiger partial charge in [0.15, 0.2) is 0 Å². The van der Waals surface area contributed by atoms with Crippen molar-refractivity contribution in [3.05, 3.63) is 123 Å². The Kier molecular flexibility index (Phi) is 5.80. The zero-order valence-corrected chi connectivity index (χ0v) is 20.6. The first-order chi connectivity index (χ1) is 18.7. The quantitative estimate of drug-likeness (QED) is 0.271. The summed E-state index contributed by atoms with van der Waals surface area (Å²) in [5.41, 5.74) is 0.0653. The van der Waals surface area contributed by atoms with E-state index in [0.29, 0.717) is 27.8 Å². The molecule has 0 amide bonds. The fourth-order valence-corrected chi connectivity index (χ4v) is 4.95. The summed E-state index contributed by atoms with van der Waals surface area (Å²) in [7, 11) is 0. The number of rotatable bonds is 3. The third-order valence-electron chi connectivity index (χ3n) is 6.46. The lowest BCUT2D eigenvalue weighted by atomic mass is 9.94. The van der Waals surface area contributed by atoms with E-state index in [4.69, 9.17) is 11.6 Å². The zero-order valence-electron chi connectivity index (χ0n) is 19.8. The maximum absolute atomic E-state index is 13.5. The van der Waals surface area contributed by atoms with Gasteiger partial charge in [-0.15, -0.1) is 0 Å². The van der Waals surface area contributed by atoms with Gasteiger partial charge >= 0.3 is 11.9 Å². The van der Waals surface area contributed by atoms with Crippen molar-refractivity contribution < 1.29 is 13.2 Å². The first kappa shape index (κ1) is 24.6. The van der Waals surface area contributed by atoms with Crippen LogP contribution in [0.4, 0.5) is 13.2 Å². The van der Waals surface area contributed by atoms with E-state index >= 15 is 0 Å². The van der Waals surface area contributed by atoms with Gasteiger partial charge < -0.3 is 4.98 Å². The summed E-state index contributed by atoms with van der Waals surface area (Å²) >= 11 is 6.53. The molecular weight excluding hydrogens is 529 g/mol. The summed E-state index contributed by atoms with van der Waals surface area (Å²) in [6.07, 6.45) is 0.615. The molecule has 0 radical (unpaired) electrons. The van der Waals surface area contributed by atoms with Crippen molar-refractivity contribution in [2.45, 2.75) is 6.18 Å². The van der Waals surface area contributed by atoms with Gasteiger partial charge in [-0.05, 0) is 35.4 Å². The van der Waals surface area contributed by atoms with E-state index in [2.05, 4.69) is 15.0 Å². The summed E-state index contributed by atoms with van der Waals surface area (Å²) < 4.78 is 41.1. The fraction of sp³-hybridized carbons (Fsp3) is 0.0345. The number of halogens is 4. The Morgan fingerprint density at radius 1 is 0.795 bits per heavy atom. The minimum Gasteiger partial charge on any atom is -0.306 e. The summed E-state index contributed by atoms with van der Waals surface area (Å²) in [5, 5.41) is 1.97. The van der Waals surface area contributed by atoms with Crippen molar-refractivity contribution in [2.75, 3.05) is 0 Å². The summed E-state index contributed by atoms with van der Waals surface area (Å²) in [6.45, 7) is 0. The van der Waals surface area contributed by atoms with Gasteiger partial charge in [-0.1, -0.05) is 54.1 Å². The minimum absolute atomic E-state index is 0.217. The van der Waals surface area contributed by atoms with Crippen LogP contribution in [0, 0.1) is 0 Å². The van der Waals surface area contributed by atoms with Crippen LogP contribution in [0.5, 0.6) is 0 Å². The highest BCUT2D eigenvalue weighted by Crippen LogP contribution is 2.39. The van der Waals surface area contributed by atoms with E-state index in [1.54, 1.807) is 54.7 Å². The number of nitrogens with zero attached hydrogens (tertiary/aromatic N) is 3. The van der Waals surface area contributed by atoms with Gasteiger partial charge in [0, 0.05) is 45.5 Å². The second-order valence-electron chi connectivity index (χ2n) is 8.83. The number of nitrogens with one attached hydrogen (secondary N) is 1. The number of hydrogen-bond donors (Lipinski definition) is 1. The van der Waals surface area contributed by atoms with Crippen LogP contribution < -0.4 is 11.2 Å². The maximum atomic E-state index is 13.5. The van der Waals surface area contributed by atoms with Gasteiger partial charge in [0.05, 0.1) is 28.4 Å². The molecule has 1 N–H and O–H groups in total. The number of hydrogen-bond acceptors (Lipinski definition) is 4. The van der Waals surface area contributed by atoms with E-state index in [1.165, 1.54) is 12.4 Å². The van der Waals surface area contributed by atoms with Crippen LogP contribution in [0.25, 0.3) is 49.6 Å². The van der Waals surface area contributed by atoms with E-state index in [1.807, 2.05) is 12.1 Å². The second kappa shape index (κ2) is 9.21. The predicted octanol–water partition coefficient (Wildman–Crippen LogP) is 6.63. The lowest BCUT2D eigenvalue weighted by Crippen LogP contribution is -2.33. The molecule has 0 spiro atoms. The first-order valence-electron chi connectivity index (χ1n) is 11.7. The molecule has 0 bridgehead atoms. The third-order valence-corrected chi connectivity index (χ3v) is 6.78. The number of aromatic amines is 1. The Balaban J connectivity index is 1.54. The van der Waals surface area contributed by atoms with Crippen molar-refractivity contribution in [3.8, 4) is 27.9 Å². The molecule has 39 heavy (non-hydrogen) atoms. The molecule has 6 nitrogen and oxygen atoms in total. The molecule has 0 aliphatic carbocycles. The van der Waals surface area contributed by atoms with Crippen molar-refractivity contribution >= 4 is 33.3 Å². The number of pyridine rings is 2. The Labute approximate surface area is 223 Å². The van der Waals surface area contributed by atoms with Crippen molar-refractivity contribution in [1.82, 2.24) is 19.5 Å². The number of H-pyrrole nitrogens is 1. The van der Waals surface area contributed by atoms with Crippen LogP contribution in [0.2, 0.25) is 5.02 Å². The summed E-state index contributed by atoms with van der Waals surface area (Å²) in [6, 6.07) is 17.9. The van der Waals surface area contributed by atoms with E-state index in [-0.39, 0.29) is 21.5 Å². The molecule has 3 heterocycles. The van der Waals surface area contributed by atoms with Gasteiger partial charge in [0.2, 0.25) is 0 Å². The molecule has 6 aromatic rings. The van der Waals surface area contributed by atoms with Crippen LogP contribution in [0.1, 0.15) is 5.56 Å². The lowest BCUT2D eigenvalue weighted by Gasteiger charge is -2.15. The minimum atomic E-state index is -4.57. The highest BCUT2D eigenvalue weighted by Gasteiger charge is 2.31. The standard InChI is InChI=1S/C29H16ClF3N4O2/c30-23-7-3-6-21(18-10-19(14-34-13-18)29(31,32)33)26(23)16-8-9-22-24(11-16)36-28(39)37(27(22)38)25-15-35-12-17-4-1-2-5-20(17)25/h1-15H,(H,36,39). The molecule has 3 aromatic heterocycles. The molecule has 6 rings (SSSR count). The van der Waals surface area contributed by atoms with Gasteiger partial charge in [0.1, 0.15) is 0 Å². The molecule has 0 unspecified atom stereocenters. The Bertz CT molecular complexity index is 2030. The fourth-order valence-electron chi connectivity index (χ4n) is 4.67. The number of aromatic nitrogens is 4. The van der Waals surface area contributed by atoms with E-state index in [9.17, 15) is 22.8 Å². The van der Waals surface area contributed by atoms with Crippen LogP contribution in [0.15, 0.2) is 101 Å². The van der Waals surface area contributed by atoms with Crippen molar-refractivity contribution in [1.29, 1.82) is 0 Å². The molecule has 3 aromatic carbocycles. The maximum Gasteiger partial charge on any atom is 0.417 e. The van der Waals surface area contributed by atoms with E-state index in [0.717, 1.165) is 22.2 Å². The monoisotopic (exact) mass is 544 g/mol. The highest BCUT2D eigenvalue weighted by molar-refractivity contribution is 6.34. The Morgan fingerprint density at radius 2 is 1.59 bits per heavy atom. The molecular formula is C29H16ClF3N4O2. The smallest absolute Gasteiger partial charge is 0.306 e. The van der Waals surface area contributed by atoms with Crippen molar-refractivity contribution in [3.63, 3.8) is 0 Å². The number of benzene rings is 3. The molecule has 0 saturated heterocycles. The van der Waals surface area contributed by atoms with Gasteiger partial charge in [-0.3, -0.25) is 14.8 Å². The largest absolute Gasteiger partial charge is 0.417 e. The highest BCUT2D eigenvalue weighted by atomic mass is 35.5. The first-order valence-corrected chi connectivity index (χ1v) is 12.0. The van der Waals surface area contributed by atoms with Gasteiger partial charge in [0.25, 0.3) is 5.56 Å². The van der Waals surface area contributed by atoms with Crippen molar-refractivity contribution in [2.24, 2.45) is 0 Å². The van der Waals surface area contributed by atoms with Crippen LogP contribution >= 0.6 is 11.6 Å². The SMILES string of the molecule is O=c1[nH]c2cc(-c3c(Cl)cccc3-c3cncc(C(F)(F)F)c3)ccc2c(=O)n1-c1cncc2ccccc12. The van der Waals surface area contributed by atoms with Crippen LogP contribution in [-0.2, 0) is 6.18 Å².